The van der Waals surface area contributed by atoms with Crippen molar-refractivity contribution in [1.82, 2.24) is 14.9 Å². The molecule has 96 valence electrons. The Morgan fingerprint density at radius 3 is 2.50 bits per heavy atom. The highest BCUT2D eigenvalue weighted by molar-refractivity contribution is 7.90. The van der Waals surface area contributed by atoms with E-state index >= 15 is 0 Å². The number of sulfonamides is 1. The first-order valence-corrected chi connectivity index (χ1v) is 7.41. The number of nitrogens with zero attached hydrogens (tertiary/aromatic N) is 1. The Hall–Kier alpha value is -0.170. The molecular weight excluding hydrogens is 226 g/mol. The summed E-state index contributed by atoms with van der Waals surface area (Å²) in [5.74, 6) is 0. The molecule has 1 rings (SSSR count). The lowest BCUT2D eigenvalue weighted by Crippen LogP contribution is -2.42. The van der Waals surface area contributed by atoms with Crippen LogP contribution in [0.15, 0.2) is 0 Å². The summed E-state index contributed by atoms with van der Waals surface area (Å²) in [6.45, 7) is 3.08. The van der Waals surface area contributed by atoms with Gasteiger partial charge in [-0.25, -0.2) is 13.1 Å². The molecule has 0 aromatic rings. The maximum atomic E-state index is 11.9. The second-order valence-corrected chi connectivity index (χ2v) is 6.59. The van der Waals surface area contributed by atoms with Crippen LogP contribution in [-0.4, -0.2) is 58.8 Å². The van der Waals surface area contributed by atoms with Gasteiger partial charge in [-0.1, -0.05) is 0 Å². The molecule has 0 atom stereocenters. The largest absolute Gasteiger partial charge is 0.317 e. The lowest BCUT2D eigenvalue weighted by Gasteiger charge is -2.23. The molecule has 0 bridgehead atoms. The van der Waals surface area contributed by atoms with Crippen LogP contribution in [-0.2, 0) is 10.0 Å². The molecule has 6 heteroatoms. The van der Waals surface area contributed by atoms with E-state index in [1.54, 1.807) is 0 Å². The fourth-order valence-corrected chi connectivity index (χ4v) is 3.35. The average Bonchev–Trinajstić information content (AvgIpc) is 2.26. The second kappa shape index (κ2) is 6.54. The zero-order chi connectivity index (χ0) is 12.0. The van der Waals surface area contributed by atoms with Gasteiger partial charge in [0.2, 0.25) is 10.0 Å². The van der Waals surface area contributed by atoms with Crippen LogP contribution in [0.3, 0.4) is 0 Å². The zero-order valence-electron chi connectivity index (χ0n) is 10.2. The molecule has 16 heavy (non-hydrogen) atoms. The van der Waals surface area contributed by atoms with Crippen molar-refractivity contribution in [3.05, 3.63) is 0 Å². The third kappa shape index (κ3) is 4.78. The van der Waals surface area contributed by atoms with Crippen molar-refractivity contribution in [2.75, 3.05) is 40.3 Å². The summed E-state index contributed by atoms with van der Waals surface area (Å²) < 4.78 is 26.5. The molecule has 0 amide bonds. The third-order valence-electron chi connectivity index (χ3n) is 2.81. The molecule has 1 fully saturated rings. The molecule has 0 saturated carbocycles. The summed E-state index contributed by atoms with van der Waals surface area (Å²) in [7, 11) is 0.885. The Balaban J connectivity index is 2.27. The molecule has 0 radical (unpaired) electrons. The molecule has 5 nitrogen and oxygen atoms in total. The van der Waals surface area contributed by atoms with Crippen LogP contribution in [0.1, 0.15) is 19.3 Å². The zero-order valence-corrected chi connectivity index (χ0v) is 11.0. The van der Waals surface area contributed by atoms with Gasteiger partial charge in [0.15, 0.2) is 0 Å². The van der Waals surface area contributed by atoms with Crippen LogP contribution < -0.4 is 10.0 Å². The highest BCUT2D eigenvalue weighted by Gasteiger charge is 2.26. The highest BCUT2D eigenvalue weighted by atomic mass is 32.2. The summed E-state index contributed by atoms with van der Waals surface area (Å²) in [5, 5.41) is 2.97. The van der Waals surface area contributed by atoms with Gasteiger partial charge in [0.05, 0.1) is 5.25 Å². The summed E-state index contributed by atoms with van der Waals surface area (Å²) in [4.78, 5) is 2.05. The predicted octanol–water partition coefficient (Wildman–Crippen LogP) is -0.390. The quantitative estimate of drug-likeness (QED) is 0.629. The number of rotatable bonds is 6. The molecule has 0 aromatic carbocycles. The lowest BCUT2D eigenvalue weighted by molar-refractivity contribution is 0.399. The molecule has 1 aliphatic heterocycles. The summed E-state index contributed by atoms with van der Waals surface area (Å²) in [6.07, 6.45) is 2.31. The predicted molar refractivity (Wildman–Crippen MR) is 66.0 cm³/mol. The van der Waals surface area contributed by atoms with Gasteiger partial charge in [-0.15, -0.1) is 0 Å². The molecule has 0 unspecified atom stereocenters. The third-order valence-corrected chi connectivity index (χ3v) is 4.77. The number of piperidine rings is 1. The van der Waals surface area contributed by atoms with Gasteiger partial charge in [-0.2, -0.15) is 0 Å². The number of nitrogens with one attached hydrogen (secondary N) is 2. The van der Waals surface area contributed by atoms with Crippen molar-refractivity contribution in [2.45, 2.75) is 24.5 Å². The summed E-state index contributed by atoms with van der Waals surface area (Å²) in [6, 6.07) is 0. The number of hydrogen-bond donors (Lipinski definition) is 2. The van der Waals surface area contributed by atoms with E-state index in [1.165, 1.54) is 0 Å². The van der Waals surface area contributed by atoms with Crippen LogP contribution >= 0.6 is 0 Å². The van der Waals surface area contributed by atoms with Gasteiger partial charge < -0.3 is 10.2 Å². The Morgan fingerprint density at radius 2 is 1.94 bits per heavy atom. The minimum atomic E-state index is -3.09. The van der Waals surface area contributed by atoms with E-state index in [4.69, 9.17) is 0 Å². The first kappa shape index (κ1) is 13.9. The van der Waals surface area contributed by atoms with Crippen LogP contribution in [0.2, 0.25) is 0 Å². The monoisotopic (exact) mass is 249 g/mol. The smallest absolute Gasteiger partial charge is 0.214 e. The van der Waals surface area contributed by atoms with Crippen molar-refractivity contribution in [1.29, 1.82) is 0 Å². The van der Waals surface area contributed by atoms with Crippen LogP contribution in [0.25, 0.3) is 0 Å². The van der Waals surface area contributed by atoms with E-state index < -0.39 is 10.0 Å². The normalized spacial score (nSPS) is 19.2. The molecule has 0 aliphatic carbocycles. The van der Waals surface area contributed by atoms with E-state index in [0.29, 0.717) is 6.54 Å². The maximum absolute atomic E-state index is 11.9. The Kier molecular flexibility index (Phi) is 5.68. The SMILES string of the molecule is CN(C)CCCNS(=O)(=O)C1CCNCC1. The van der Waals surface area contributed by atoms with E-state index in [1.807, 2.05) is 14.1 Å². The van der Waals surface area contributed by atoms with E-state index in [-0.39, 0.29) is 5.25 Å². The first-order chi connectivity index (χ1) is 7.52. The van der Waals surface area contributed by atoms with Gasteiger partial charge in [-0.3, -0.25) is 0 Å². The van der Waals surface area contributed by atoms with Crippen molar-refractivity contribution in [3.8, 4) is 0 Å². The van der Waals surface area contributed by atoms with Gasteiger partial charge in [-0.05, 0) is 53.0 Å². The fraction of sp³-hybridized carbons (Fsp3) is 1.00. The van der Waals surface area contributed by atoms with Crippen LogP contribution in [0.4, 0.5) is 0 Å². The average molecular weight is 249 g/mol. The van der Waals surface area contributed by atoms with Crippen LogP contribution in [0.5, 0.6) is 0 Å². The van der Waals surface area contributed by atoms with Gasteiger partial charge in [0, 0.05) is 6.54 Å². The highest BCUT2D eigenvalue weighted by Crippen LogP contribution is 2.11. The lowest BCUT2D eigenvalue weighted by atomic mass is 10.2. The van der Waals surface area contributed by atoms with Crippen molar-refractivity contribution in [2.24, 2.45) is 0 Å². The number of hydrogen-bond acceptors (Lipinski definition) is 4. The molecular formula is C10H23N3O2S. The summed E-state index contributed by atoms with van der Waals surface area (Å²) >= 11 is 0. The van der Waals surface area contributed by atoms with Crippen molar-refractivity contribution >= 4 is 10.0 Å². The minimum absolute atomic E-state index is 0.201. The Morgan fingerprint density at radius 1 is 1.31 bits per heavy atom. The topological polar surface area (TPSA) is 61.4 Å². The molecule has 1 aliphatic rings. The fourth-order valence-electron chi connectivity index (χ4n) is 1.83. The molecule has 1 saturated heterocycles. The van der Waals surface area contributed by atoms with Crippen LogP contribution in [0, 0.1) is 0 Å². The first-order valence-electron chi connectivity index (χ1n) is 5.86. The second-order valence-electron chi connectivity index (χ2n) is 4.55. The van der Waals surface area contributed by atoms with E-state index in [0.717, 1.165) is 38.9 Å². The Labute approximate surface area is 98.6 Å². The molecule has 0 spiro atoms. The molecule has 2 N–H and O–H groups in total. The van der Waals surface area contributed by atoms with E-state index in [2.05, 4.69) is 14.9 Å². The van der Waals surface area contributed by atoms with Gasteiger partial charge in [0.25, 0.3) is 0 Å². The Bertz CT molecular complexity index is 284. The van der Waals surface area contributed by atoms with Gasteiger partial charge in [0.1, 0.15) is 0 Å². The molecule has 0 aromatic heterocycles. The van der Waals surface area contributed by atoms with Crippen molar-refractivity contribution in [3.63, 3.8) is 0 Å². The maximum Gasteiger partial charge on any atom is 0.214 e. The summed E-state index contributed by atoms with van der Waals surface area (Å²) in [5.41, 5.74) is 0. The minimum Gasteiger partial charge on any atom is -0.317 e. The standard InChI is InChI=1S/C10H23N3O2S/c1-13(2)9-3-6-12-16(14,15)10-4-7-11-8-5-10/h10-12H,3-9H2,1-2H3. The van der Waals surface area contributed by atoms with E-state index in [9.17, 15) is 8.42 Å². The molecule has 1 heterocycles. The van der Waals surface area contributed by atoms with Gasteiger partial charge >= 0.3 is 0 Å². The van der Waals surface area contributed by atoms with Crippen molar-refractivity contribution < 1.29 is 8.42 Å².